The van der Waals surface area contributed by atoms with Gasteiger partial charge in [-0.25, -0.2) is 4.79 Å². The molecule has 0 rings (SSSR count). The Kier molecular flexibility index (Phi) is 11.1. The maximum Gasteiger partial charge on any atom is 0.329 e. The zero-order valence-corrected chi connectivity index (χ0v) is 7.19. The third kappa shape index (κ3) is 17.9. The molecule has 0 aromatic rings. The van der Waals surface area contributed by atoms with Crippen LogP contribution in [0.15, 0.2) is 25.3 Å². The summed E-state index contributed by atoms with van der Waals surface area (Å²) in [5, 5.41) is 17.5. The Hall–Kier alpha value is -1.62. The van der Waals surface area contributed by atoms with Crippen LogP contribution in [0.4, 0.5) is 0 Å². The van der Waals surface area contributed by atoms with Crippen LogP contribution >= 0.6 is 0 Å². The number of carbonyl (C=O) groups is 2. The molecule has 0 spiro atoms. The van der Waals surface area contributed by atoms with Gasteiger partial charge in [0.15, 0.2) is 0 Å². The Morgan fingerprint density at radius 2 is 1.85 bits per heavy atom. The summed E-state index contributed by atoms with van der Waals surface area (Å²) in [4.78, 5) is 19.4. The maximum atomic E-state index is 10.3. The summed E-state index contributed by atoms with van der Waals surface area (Å²) in [6, 6.07) is 0. The van der Waals surface area contributed by atoms with Crippen molar-refractivity contribution in [3.63, 3.8) is 0 Å². The average Bonchev–Trinajstić information content (AvgIpc) is 2.15. The van der Waals surface area contributed by atoms with E-state index in [0.717, 1.165) is 0 Å². The number of nitrogens with one attached hydrogen (secondary N) is 1. The minimum absolute atomic E-state index is 0.162. The Bertz CT molecular complexity index is 189. The number of carboxylic acids is 1. The third-order valence-electron chi connectivity index (χ3n) is 0.741. The smallest absolute Gasteiger partial charge is 0.329 e. The maximum absolute atomic E-state index is 10.3. The quantitative estimate of drug-likeness (QED) is 0.410. The summed E-state index contributed by atoms with van der Waals surface area (Å²) in [7, 11) is 0. The summed E-state index contributed by atoms with van der Waals surface area (Å²) in [5.74, 6) is -1.35. The highest BCUT2D eigenvalue weighted by molar-refractivity contribution is 5.86. The number of hydrogen-bond acceptors (Lipinski definition) is 3. The van der Waals surface area contributed by atoms with Gasteiger partial charge in [-0.05, 0) is 6.08 Å². The SMILES string of the molecule is C=CCNC(=O)C=C.O=C(O)CO. The average molecular weight is 187 g/mol. The van der Waals surface area contributed by atoms with Crippen LogP contribution in [0.5, 0.6) is 0 Å². The van der Waals surface area contributed by atoms with E-state index in [1.807, 2.05) is 0 Å². The zero-order valence-electron chi connectivity index (χ0n) is 7.19. The Morgan fingerprint density at radius 3 is 2.08 bits per heavy atom. The molecule has 5 nitrogen and oxygen atoms in total. The van der Waals surface area contributed by atoms with Crippen LogP contribution < -0.4 is 5.32 Å². The number of carbonyl (C=O) groups excluding carboxylic acids is 1. The van der Waals surface area contributed by atoms with Crippen molar-refractivity contribution in [2.24, 2.45) is 0 Å². The van der Waals surface area contributed by atoms with Gasteiger partial charge < -0.3 is 15.5 Å². The lowest BCUT2D eigenvalue weighted by Gasteiger charge is -1.91. The molecular formula is C8H13NO4. The Labute approximate surface area is 76.4 Å². The van der Waals surface area contributed by atoms with E-state index in [0.29, 0.717) is 6.54 Å². The van der Waals surface area contributed by atoms with E-state index >= 15 is 0 Å². The molecule has 0 saturated carbocycles. The number of carboxylic acid groups (broad SMARTS) is 1. The van der Waals surface area contributed by atoms with Gasteiger partial charge in [0.1, 0.15) is 6.61 Å². The van der Waals surface area contributed by atoms with E-state index in [4.69, 9.17) is 15.0 Å². The molecule has 0 aromatic heterocycles. The molecule has 5 heteroatoms. The predicted octanol–water partition coefficient (Wildman–Crippen LogP) is -0.462. The molecule has 0 aromatic carbocycles. The number of aliphatic hydroxyl groups excluding tert-OH is 1. The van der Waals surface area contributed by atoms with Gasteiger partial charge in [0, 0.05) is 6.54 Å². The van der Waals surface area contributed by atoms with E-state index in [-0.39, 0.29) is 5.91 Å². The summed E-state index contributed by atoms with van der Waals surface area (Å²) in [6.45, 7) is 6.41. The van der Waals surface area contributed by atoms with Crippen LogP contribution in [0.3, 0.4) is 0 Å². The van der Waals surface area contributed by atoms with E-state index in [9.17, 15) is 4.79 Å². The lowest BCUT2D eigenvalue weighted by Crippen LogP contribution is -2.19. The number of aliphatic carboxylic acids is 1. The van der Waals surface area contributed by atoms with Gasteiger partial charge >= 0.3 is 5.97 Å². The Balaban J connectivity index is 0. The van der Waals surface area contributed by atoms with Crippen molar-refractivity contribution in [3.05, 3.63) is 25.3 Å². The molecule has 13 heavy (non-hydrogen) atoms. The second kappa shape index (κ2) is 10.4. The number of amides is 1. The van der Waals surface area contributed by atoms with Gasteiger partial charge in [-0.1, -0.05) is 12.7 Å². The van der Waals surface area contributed by atoms with Crippen LogP contribution in [0.2, 0.25) is 0 Å². The van der Waals surface area contributed by atoms with Crippen molar-refractivity contribution < 1.29 is 19.8 Å². The number of aliphatic hydroxyl groups is 1. The molecule has 0 fully saturated rings. The normalized spacial score (nSPS) is 7.46. The lowest BCUT2D eigenvalue weighted by molar-refractivity contribution is -0.140. The first kappa shape index (κ1) is 13.9. The van der Waals surface area contributed by atoms with Crippen LogP contribution in [-0.4, -0.2) is 35.2 Å². The molecule has 0 heterocycles. The Morgan fingerprint density at radius 1 is 1.38 bits per heavy atom. The molecular weight excluding hydrogens is 174 g/mol. The monoisotopic (exact) mass is 187 g/mol. The second-order valence-corrected chi connectivity index (χ2v) is 1.79. The summed E-state index contributed by atoms with van der Waals surface area (Å²) >= 11 is 0. The van der Waals surface area contributed by atoms with Gasteiger partial charge in [0.2, 0.25) is 5.91 Å². The first-order valence-electron chi connectivity index (χ1n) is 3.42. The molecule has 0 saturated heterocycles. The van der Waals surface area contributed by atoms with Crippen molar-refractivity contribution in [2.75, 3.05) is 13.2 Å². The van der Waals surface area contributed by atoms with Crippen molar-refractivity contribution >= 4 is 11.9 Å². The van der Waals surface area contributed by atoms with E-state index in [2.05, 4.69) is 18.5 Å². The van der Waals surface area contributed by atoms with E-state index < -0.39 is 12.6 Å². The molecule has 74 valence electrons. The lowest BCUT2D eigenvalue weighted by atomic mass is 10.5. The van der Waals surface area contributed by atoms with Crippen molar-refractivity contribution in [3.8, 4) is 0 Å². The first-order chi connectivity index (χ1) is 6.08. The zero-order chi connectivity index (χ0) is 10.7. The van der Waals surface area contributed by atoms with Crippen molar-refractivity contribution in [1.82, 2.24) is 5.32 Å². The highest BCUT2D eigenvalue weighted by atomic mass is 16.4. The molecule has 0 aliphatic carbocycles. The summed E-state index contributed by atoms with van der Waals surface area (Å²) in [5.41, 5.74) is 0. The van der Waals surface area contributed by atoms with Crippen LogP contribution in [-0.2, 0) is 9.59 Å². The molecule has 0 bridgehead atoms. The molecule has 0 atom stereocenters. The topological polar surface area (TPSA) is 86.6 Å². The molecule has 1 amide bonds. The van der Waals surface area contributed by atoms with Gasteiger partial charge in [-0.15, -0.1) is 6.58 Å². The van der Waals surface area contributed by atoms with Crippen molar-refractivity contribution in [2.45, 2.75) is 0 Å². The minimum Gasteiger partial charge on any atom is -0.480 e. The highest BCUT2D eigenvalue weighted by Gasteiger charge is 1.85. The standard InChI is InChI=1S/C6H9NO.C2H4O3/c1-3-5-7-6(8)4-2;3-1-2(4)5/h3-4H,1-2,5H2,(H,7,8);3H,1H2,(H,4,5). The fourth-order valence-corrected chi connectivity index (χ4v) is 0.245. The van der Waals surface area contributed by atoms with Crippen LogP contribution in [0.25, 0.3) is 0 Å². The number of rotatable bonds is 4. The summed E-state index contributed by atoms with van der Waals surface area (Å²) < 4.78 is 0. The minimum atomic E-state index is -1.19. The third-order valence-corrected chi connectivity index (χ3v) is 0.741. The fourth-order valence-electron chi connectivity index (χ4n) is 0.245. The largest absolute Gasteiger partial charge is 0.480 e. The molecule has 0 unspecified atom stereocenters. The van der Waals surface area contributed by atoms with Crippen molar-refractivity contribution in [1.29, 1.82) is 0 Å². The first-order valence-corrected chi connectivity index (χ1v) is 3.42. The molecule has 0 radical (unpaired) electrons. The van der Waals surface area contributed by atoms with Gasteiger partial charge in [-0.2, -0.15) is 0 Å². The predicted molar refractivity (Wildman–Crippen MR) is 48.1 cm³/mol. The summed E-state index contributed by atoms with van der Waals surface area (Å²) in [6.07, 6.45) is 2.84. The highest BCUT2D eigenvalue weighted by Crippen LogP contribution is 1.64. The fraction of sp³-hybridized carbons (Fsp3) is 0.250. The number of hydrogen-bond donors (Lipinski definition) is 3. The van der Waals surface area contributed by atoms with Crippen LogP contribution in [0, 0.1) is 0 Å². The van der Waals surface area contributed by atoms with E-state index in [1.165, 1.54) is 6.08 Å². The molecule has 3 N–H and O–H groups in total. The molecule has 0 aliphatic heterocycles. The van der Waals surface area contributed by atoms with Crippen LogP contribution in [0.1, 0.15) is 0 Å². The van der Waals surface area contributed by atoms with E-state index in [1.54, 1.807) is 6.08 Å². The van der Waals surface area contributed by atoms with Gasteiger partial charge in [0.25, 0.3) is 0 Å². The van der Waals surface area contributed by atoms with Gasteiger partial charge in [0.05, 0.1) is 0 Å². The van der Waals surface area contributed by atoms with Gasteiger partial charge in [-0.3, -0.25) is 4.79 Å². The second-order valence-electron chi connectivity index (χ2n) is 1.79. The molecule has 0 aliphatic rings.